The van der Waals surface area contributed by atoms with Crippen LogP contribution in [0.1, 0.15) is 5.69 Å². The number of carbonyl (C=O) groups is 1. The molecular weight excluding hydrogens is 303 g/mol. The SMILES string of the molecule is Cn1nc(CC(=O)O)c(Br)c1-c1ccccc1F. The van der Waals surface area contributed by atoms with Crippen LogP contribution < -0.4 is 0 Å². The van der Waals surface area contributed by atoms with Crippen LogP contribution in [0.2, 0.25) is 0 Å². The Morgan fingerprint density at radius 2 is 2.17 bits per heavy atom. The van der Waals surface area contributed by atoms with Gasteiger partial charge in [-0.05, 0) is 28.1 Å². The highest BCUT2D eigenvalue weighted by Gasteiger charge is 2.19. The molecule has 1 aromatic carbocycles. The van der Waals surface area contributed by atoms with Crippen molar-refractivity contribution in [3.63, 3.8) is 0 Å². The van der Waals surface area contributed by atoms with Gasteiger partial charge < -0.3 is 5.11 Å². The Balaban J connectivity index is 2.56. The first kappa shape index (κ1) is 12.8. The van der Waals surface area contributed by atoms with Crippen molar-refractivity contribution in [1.82, 2.24) is 9.78 Å². The average molecular weight is 313 g/mol. The van der Waals surface area contributed by atoms with Gasteiger partial charge in [-0.1, -0.05) is 12.1 Å². The highest BCUT2D eigenvalue weighted by molar-refractivity contribution is 9.10. The molecule has 1 aromatic heterocycles. The first-order valence-electron chi connectivity index (χ1n) is 5.18. The number of aliphatic carboxylic acids is 1. The molecule has 6 heteroatoms. The van der Waals surface area contributed by atoms with Crippen LogP contribution in [0.4, 0.5) is 4.39 Å². The van der Waals surface area contributed by atoms with Crippen molar-refractivity contribution < 1.29 is 14.3 Å². The molecule has 0 bridgehead atoms. The second kappa shape index (κ2) is 4.89. The van der Waals surface area contributed by atoms with Gasteiger partial charge in [0.25, 0.3) is 0 Å². The van der Waals surface area contributed by atoms with E-state index in [9.17, 15) is 9.18 Å². The Kier molecular flexibility index (Phi) is 3.47. The van der Waals surface area contributed by atoms with Gasteiger partial charge in [-0.15, -0.1) is 0 Å². The molecule has 94 valence electrons. The third-order valence-electron chi connectivity index (χ3n) is 2.50. The normalized spacial score (nSPS) is 10.6. The van der Waals surface area contributed by atoms with Crippen molar-refractivity contribution in [3.8, 4) is 11.3 Å². The number of hydrogen-bond acceptors (Lipinski definition) is 2. The fourth-order valence-electron chi connectivity index (χ4n) is 1.76. The molecule has 1 N–H and O–H groups in total. The lowest BCUT2D eigenvalue weighted by atomic mass is 10.1. The summed E-state index contributed by atoms with van der Waals surface area (Å²) in [5.74, 6) is -1.35. The summed E-state index contributed by atoms with van der Waals surface area (Å²) in [6.45, 7) is 0. The summed E-state index contributed by atoms with van der Waals surface area (Å²) >= 11 is 3.29. The number of nitrogens with zero attached hydrogens (tertiary/aromatic N) is 2. The number of aryl methyl sites for hydroxylation is 1. The van der Waals surface area contributed by atoms with E-state index in [1.807, 2.05) is 0 Å². The maximum absolute atomic E-state index is 13.7. The number of carboxylic acids is 1. The molecule has 0 aliphatic rings. The monoisotopic (exact) mass is 312 g/mol. The third-order valence-corrected chi connectivity index (χ3v) is 3.34. The minimum atomic E-state index is -0.978. The smallest absolute Gasteiger partial charge is 0.309 e. The fourth-order valence-corrected chi connectivity index (χ4v) is 2.45. The number of rotatable bonds is 3. The molecule has 18 heavy (non-hydrogen) atoms. The molecule has 2 aromatic rings. The lowest BCUT2D eigenvalue weighted by molar-refractivity contribution is -0.136. The molecule has 0 atom stereocenters. The van der Waals surface area contributed by atoms with Gasteiger partial charge in [0.1, 0.15) is 5.82 Å². The van der Waals surface area contributed by atoms with E-state index in [4.69, 9.17) is 5.11 Å². The molecule has 2 rings (SSSR count). The van der Waals surface area contributed by atoms with Crippen molar-refractivity contribution in [2.45, 2.75) is 6.42 Å². The molecule has 1 heterocycles. The van der Waals surface area contributed by atoms with E-state index in [1.165, 1.54) is 10.7 Å². The highest BCUT2D eigenvalue weighted by Crippen LogP contribution is 2.32. The van der Waals surface area contributed by atoms with Gasteiger partial charge in [0.05, 0.1) is 22.3 Å². The zero-order chi connectivity index (χ0) is 13.3. The number of aromatic nitrogens is 2. The van der Waals surface area contributed by atoms with Crippen molar-refractivity contribution in [3.05, 3.63) is 40.2 Å². The van der Waals surface area contributed by atoms with Crippen LogP contribution in [-0.2, 0) is 18.3 Å². The van der Waals surface area contributed by atoms with Crippen LogP contribution in [0.15, 0.2) is 28.7 Å². The molecule has 0 fully saturated rings. The van der Waals surface area contributed by atoms with E-state index in [2.05, 4.69) is 21.0 Å². The van der Waals surface area contributed by atoms with E-state index in [1.54, 1.807) is 25.2 Å². The predicted molar refractivity (Wildman–Crippen MR) is 67.6 cm³/mol. The zero-order valence-electron chi connectivity index (χ0n) is 9.52. The number of hydrogen-bond donors (Lipinski definition) is 1. The summed E-state index contributed by atoms with van der Waals surface area (Å²) < 4.78 is 15.7. The van der Waals surface area contributed by atoms with Gasteiger partial charge in [-0.3, -0.25) is 9.48 Å². The quantitative estimate of drug-likeness (QED) is 0.948. The minimum absolute atomic E-state index is 0.205. The standard InChI is InChI=1S/C12H10BrFN2O2/c1-16-12(7-4-2-3-5-8(7)14)11(13)9(15-16)6-10(17)18/h2-5H,6H2,1H3,(H,17,18). The van der Waals surface area contributed by atoms with Gasteiger partial charge in [0, 0.05) is 12.6 Å². The van der Waals surface area contributed by atoms with Crippen LogP contribution in [0.5, 0.6) is 0 Å². The summed E-state index contributed by atoms with van der Waals surface area (Å²) in [5.41, 5.74) is 1.30. The second-order valence-corrected chi connectivity index (χ2v) is 4.58. The molecule has 0 radical (unpaired) electrons. The largest absolute Gasteiger partial charge is 0.481 e. The summed E-state index contributed by atoms with van der Waals surface area (Å²) in [4.78, 5) is 10.7. The Morgan fingerprint density at radius 3 is 2.78 bits per heavy atom. The Labute approximate surface area is 111 Å². The van der Waals surface area contributed by atoms with Crippen LogP contribution in [0.25, 0.3) is 11.3 Å². The topological polar surface area (TPSA) is 55.1 Å². The Hall–Kier alpha value is -1.69. The lowest BCUT2D eigenvalue weighted by Gasteiger charge is -2.04. The van der Waals surface area contributed by atoms with Gasteiger partial charge in [-0.2, -0.15) is 5.10 Å². The van der Waals surface area contributed by atoms with E-state index in [0.717, 1.165) is 0 Å². The van der Waals surface area contributed by atoms with Crippen LogP contribution >= 0.6 is 15.9 Å². The number of carboxylic acid groups (broad SMARTS) is 1. The van der Waals surface area contributed by atoms with Gasteiger partial charge >= 0.3 is 5.97 Å². The molecule has 0 aliphatic heterocycles. The lowest BCUT2D eigenvalue weighted by Crippen LogP contribution is -2.02. The first-order valence-corrected chi connectivity index (χ1v) is 5.98. The Morgan fingerprint density at radius 1 is 1.50 bits per heavy atom. The molecule has 0 unspecified atom stereocenters. The predicted octanol–water partition coefficient (Wildman–Crippen LogP) is 2.62. The van der Waals surface area contributed by atoms with E-state index < -0.39 is 5.97 Å². The zero-order valence-corrected chi connectivity index (χ0v) is 11.1. The Bertz CT molecular complexity index is 610. The molecule has 0 saturated carbocycles. The highest BCUT2D eigenvalue weighted by atomic mass is 79.9. The van der Waals surface area contributed by atoms with Crippen LogP contribution in [0, 0.1) is 5.82 Å². The molecular formula is C12H10BrFN2O2. The second-order valence-electron chi connectivity index (χ2n) is 3.78. The van der Waals surface area contributed by atoms with Gasteiger partial charge in [-0.25, -0.2) is 4.39 Å². The number of benzene rings is 1. The van der Waals surface area contributed by atoms with Crippen molar-refractivity contribution in [1.29, 1.82) is 0 Å². The van der Waals surface area contributed by atoms with Gasteiger partial charge in [0.2, 0.25) is 0 Å². The van der Waals surface area contributed by atoms with E-state index >= 15 is 0 Å². The summed E-state index contributed by atoms with van der Waals surface area (Å²) in [6, 6.07) is 6.29. The number of halogens is 2. The summed E-state index contributed by atoms with van der Waals surface area (Å²) in [6.07, 6.45) is -0.205. The average Bonchev–Trinajstić information content (AvgIpc) is 2.55. The van der Waals surface area contributed by atoms with Crippen LogP contribution in [0.3, 0.4) is 0 Å². The third kappa shape index (κ3) is 2.28. The van der Waals surface area contributed by atoms with Crippen molar-refractivity contribution in [2.24, 2.45) is 7.05 Å². The van der Waals surface area contributed by atoms with Crippen molar-refractivity contribution >= 4 is 21.9 Å². The van der Waals surface area contributed by atoms with Crippen LogP contribution in [-0.4, -0.2) is 20.9 Å². The fraction of sp³-hybridized carbons (Fsp3) is 0.167. The molecule has 0 aliphatic carbocycles. The molecule has 0 amide bonds. The van der Waals surface area contributed by atoms with Gasteiger partial charge in [0.15, 0.2) is 0 Å². The minimum Gasteiger partial charge on any atom is -0.481 e. The molecule has 0 spiro atoms. The maximum atomic E-state index is 13.7. The molecule has 4 nitrogen and oxygen atoms in total. The summed E-state index contributed by atoms with van der Waals surface area (Å²) in [7, 11) is 1.65. The first-order chi connectivity index (χ1) is 8.50. The summed E-state index contributed by atoms with van der Waals surface area (Å²) in [5, 5.41) is 12.9. The van der Waals surface area contributed by atoms with E-state index in [-0.39, 0.29) is 12.2 Å². The maximum Gasteiger partial charge on any atom is 0.309 e. The molecule has 0 saturated heterocycles. The van der Waals surface area contributed by atoms with Crippen molar-refractivity contribution in [2.75, 3.05) is 0 Å². The van der Waals surface area contributed by atoms with E-state index in [0.29, 0.717) is 21.4 Å².